The highest BCUT2D eigenvalue weighted by Gasteiger charge is 2.37. The van der Waals surface area contributed by atoms with Crippen molar-refractivity contribution in [1.82, 2.24) is 4.31 Å². The van der Waals surface area contributed by atoms with E-state index in [0.29, 0.717) is 0 Å². The number of sulfonamides is 1. The highest BCUT2D eigenvalue weighted by Crippen LogP contribution is 2.37. The summed E-state index contributed by atoms with van der Waals surface area (Å²) < 4.78 is 27.4. The Morgan fingerprint density at radius 3 is 2.56 bits per heavy atom. The van der Waals surface area contributed by atoms with Crippen LogP contribution in [0.25, 0.3) is 6.08 Å². The number of fused-ring (bicyclic) bond motifs is 1. The molecule has 7 heteroatoms. The first-order chi connectivity index (χ1) is 12.0. The van der Waals surface area contributed by atoms with Crippen LogP contribution in [0.4, 0.5) is 5.69 Å². The van der Waals surface area contributed by atoms with Gasteiger partial charge in [-0.2, -0.15) is 4.31 Å². The molecule has 1 aliphatic carbocycles. The van der Waals surface area contributed by atoms with Gasteiger partial charge in [-0.3, -0.25) is 10.1 Å². The van der Waals surface area contributed by atoms with Crippen molar-refractivity contribution >= 4 is 21.8 Å². The van der Waals surface area contributed by atoms with E-state index in [1.54, 1.807) is 6.08 Å². The third kappa shape index (κ3) is 2.93. The number of para-hydroxylation sites is 1. The van der Waals surface area contributed by atoms with E-state index < -0.39 is 26.7 Å². The maximum atomic E-state index is 13.1. The monoisotopic (exact) mass is 354 g/mol. The molecule has 2 aromatic carbocycles. The van der Waals surface area contributed by atoms with Crippen LogP contribution in [0.5, 0.6) is 0 Å². The highest BCUT2D eigenvalue weighted by molar-refractivity contribution is 7.89. The van der Waals surface area contributed by atoms with Crippen molar-refractivity contribution in [3.63, 3.8) is 0 Å². The Morgan fingerprint density at radius 2 is 1.84 bits per heavy atom. The fourth-order valence-electron chi connectivity index (χ4n) is 2.86. The minimum atomic E-state index is -4.17. The molecule has 0 spiro atoms. The normalized spacial score (nSPS) is 15.8. The van der Waals surface area contributed by atoms with Gasteiger partial charge in [-0.05, 0) is 17.2 Å². The molecule has 0 saturated heterocycles. The van der Waals surface area contributed by atoms with Crippen LogP contribution >= 0.6 is 0 Å². The molecule has 25 heavy (non-hydrogen) atoms. The first-order valence-corrected chi connectivity index (χ1v) is 8.86. The molecule has 1 aliphatic rings. The lowest BCUT2D eigenvalue weighted by molar-refractivity contribution is -0.387. The lowest BCUT2D eigenvalue weighted by Gasteiger charge is -2.26. The first-order valence-electron chi connectivity index (χ1n) is 7.42. The molecule has 0 N–H and O–H groups in total. The fourth-order valence-corrected chi connectivity index (χ4v) is 4.49. The molecule has 0 bridgehead atoms. The van der Waals surface area contributed by atoms with E-state index in [4.69, 9.17) is 6.42 Å². The summed E-state index contributed by atoms with van der Waals surface area (Å²) in [5, 5.41) is 11.2. The SMILES string of the molecule is C#CCN([C@@H]1C=Cc2ccccc21)S(=O)(=O)c1ccccc1[N+](=O)[O-]. The van der Waals surface area contributed by atoms with E-state index in [9.17, 15) is 18.5 Å². The van der Waals surface area contributed by atoms with Crippen LogP contribution in [0.3, 0.4) is 0 Å². The van der Waals surface area contributed by atoms with E-state index in [2.05, 4.69) is 5.92 Å². The van der Waals surface area contributed by atoms with Gasteiger partial charge in [0, 0.05) is 6.07 Å². The lowest BCUT2D eigenvalue weighted by atomic mass is 10.1. The first kappa shape index (κ1) is 16.9. The Morgan fingerprint density at radius 1 is 1.16 bits per heavy atom. The van der Waals surface area contributed by atoms with Gasteiger partial charge in [0.25, 0.3) is 15.7 Å². The average molecular weight is 354 g/mol. The molecule has 1 atom stereocenters. The Hall–Kier alpha value is -2.95. The van der Waals surface area contributed by atoms with Crippen molar-refractivity contribution in [3.05, 3.63) is 75.8 Å². The summed E-state index contributed by atoms with van der Waals surface area (Å²) in [4.78, 5) is 10.2. The second-order valence-corrected chi connectivity index (χ2v) is 7.27. The highest BCUT2D eigenvalue weighted by atomic mass is 32.2. The molecule has 3 rings (SSSR count). The zero-order valence-electron chi connectivity index (χ0n) is 13.1. The van der Waals surface area contributed by atoms with Crippen LogP contribution in [0, 0.1) is 22.5 Å². The van der Waals surface area contributed by atoms with Crippen LogP contribution in [0.15, 0.2) is 59.5 Å². The van der Waals surface area contributed by atoms with Gasteiger partial charge in [0.1, 0.15) is 0 Å². The minimum absolute atomic E-state index is 0.197. The number of hydrogen-bond donors (Lipinski definition) is 0. The number of nitro benzene ring substituents is 1. The molecule has 2 aromatic rings. The van der Waals surface area contributed by atoms with Gasteiger partial charge >= 0.3 is 0 Å². The van der Waals surface area contributed by atoms with Gasteiger partial charge in [0.05, 0.1) is 17.5 Å². The van der Waals surface area contributed by atoms with Crippen LogP contribution in [-0.2, 0) is 10.0 Å². The number of rotatable bonds is 5. The van der Waals surface area contributed by atoms with E-state index in [1.165, 1.54) is 24.3 Å². The predicted molar refractivity (Wildman–Crippen MR) is 94.0 cm³/mol. The van der Waals surface area contributed by atoms with E-state index in [0.717, 1.165) is 15.4 Å². The molecule has 0 saturated carbocycles. The summed E-state index contributed by atoms with van der Waals surface area (Å²) in [5.74, 6) is 2.34. The van der Waals surface area contributed by atoms with Crippen molar-refractivity contribution in [1.29, 1.82) is 0 Å². The predicted octanol–water partition coefficient (Wildman–Crippen LogP) is 2.99. The number of terminal acetylenes is 1. The molecule has 6 nitrogen and oxygen atoms in total. The van der Waals surface area contributed by atoms with Crippen molar-refractivity contribution in [2.45, 2.75) is 10.9 Å². The van der Waals surface area contributed by atoms with E-state index in [1.807, 2.05) is 30.3 Å². The Bertz CT molecular complexity index is 1010. The van der Waals surface area contributed by atoms with E-state index in [-0.39, 0.29) is 11.4 Å². The zero-order chi connectivity index (χ0) is 18.0. The van der Waals surface area contributed by atoms with Crippen molar-refractivity contribution in [2.24, 2.45) is 0 Å². The summed E-state index contributed by atoms with van der Waals surface area (Å²) in [6.45, 7) is -0.197. The molecule has 0 aliphatic heterocycles. The lowest BCUT2D eigenvalue weighted by Crippen LogP contribution is -2.34. The minimum Gasteiger partial charge on any atom is -0.258 e. The Kier molecular flexibility index (Phi) is 4.40. The second-order valence-electron chi connectivity index (χ2n) is 5.41. The number of nitro groups is 1. The topological polar surface area (TPSA) is 80.5 Å². The van der Waals surface area contributed by atoms with Gasteiger partial charge in [-0.15, -0.1) is 6.42 Å². The average Bonchev–Trinajstić information content (AvgIpc) is 3.03. The third-order valence-corrected chi connectivity index (χ3v) is 5.85. The number of benzene rings is 2. The maximum absolute atomic E-state index is 13.1. The third-order valence-electron chi connectivity index (χ3n) is 3.98. The van der Waals surface area contributed by atoms with Crippen LogP contribution in [0.2, 0.25) is 0 Å². The molecule has 0 heterocycles. The largest absolute Gasteiger partial charge is 0.289 e. The number of nitrogens with zero attached hydrogens (tertiary/aromatic N) is 2. The molecule has 0 radical (unpaired) electrons. The molecule has 0 unspecified atom stereocenters. The maximum Gasteiger partial charge on any atom is 0.289 e. The second kappa shape index (κ2) is 6.51. The molecular formula is C18H14N2O4S. The Balaban J connectivity index is 2.13. The van der Waals surface area contributed by atoms with E-state index >= 15 is 0 Å². The fraction of sp³-hybridized carbons (Fsp3) is 0.111. The molecule has 126 valence electrons. The van der Waals surface area contributed by atoms with Gasteiger partial charge in [0.15, 0.2) is 4.90 Å². The van der Waals surface area contributed by atoms with Gasteiger partial charge in [-0.25, -0.2) is 8.42 Å². The van der Waals surface area contributed by atoms with Crippen molar-refractivity contribution in [3.8, 4) is 12.3 Å². The Labute approximate surface area is 145 Å². The summed E-state index contributed by atoms with van der Waals surface area (Å²) in [6.07, 6.45) is 8.92. The summed E-state index contributed by atoms with van der Waals surface area (Å²) in [7, 11) is -4.17. The summed E-state index contributed by atoms with van der Waals surface area (Å²) >= 11 is 0. The van der Waals surface area contributed by atoms with Crippen LogP contribution < -0.4 is 0 Å². The summed E-state index contributed by atoms with van der Waals surface area (Å²) in [6, 6.07) is 12.0. The van der Waals surface area contributed by atoms with Crippen molar-refractivity contribution in [2.75, 3.05) is 6.54 Å². The van der Waals surface area contributed by atoms with Gasteiger partial charge in [0.2, 0.25) is 0 Å². The van der Waals surface area contributed by atoms with Crippen LogP contribution in [-0.4, -0.2) is 24.2 Å². The standard InChI is InChI=1S/C18H14N2O4S/c1-2-13-19(16-12-11-14-7-3-4-8-15(14)16)25(23,24)18-10-6-5-9-17(18)20(21)22/h1,3-12,16H,13H2/t16-/m1/s1. The molecule has 0 fully saturated rings. The summed E-state index contributed by atoms with van der Waals surface area (Å²) in [5.41, 5.74) is 1.21. The number of hydrogen-bond acceptors (Lipinski definition) is 4. The quantitative estimate of drug-likeness (QED) is 0.470. The molecule has 0 amide bonds. The smallest absolute Gasteiger partial charge is 0.258 e. The van der Waals surface area contributed by atoms with Crippen LogP contribution in [0.1, 0.15) is 17.2 Å². The zero-order valence-corrected chi connectivity index (χ0v) is 13.9. The van der Waals surface area contributed by atoms with Gasteiger partial charge in [-0.1, -0.05) is 54.5 Å². The van der Waals surface area contributed by atoms with Crippen molar-refractivity contribution < 1.29 is 13.3 Å². The molecular weight excluding hydrogens is 340 g/mol. The molecule has 0 aromatic heterocycles. The van der Waals surface area contributed by atoms with Gasteiger partial charge < -0.3 is 0 Å².